The lowest BCUT2D eigenvalue weighted by atomic mass is 9.93. The fourth-order valence-corrected chi connectivity index (χ4v) is 8.80. The van der Waals surface area contributed by atoms with Crippen LogP contribution < -0.4 is 5.56 Å². The van der Waals surface area contributed by atoms with Crippen molar-refractivity contribution in [1.29, 1.82) is 0 Å². The van der Waals surface area contributed by atoms with Crippen LogP contribution in [0.2, 0.25) is 0 Å². The first-order chi connectivity index (χ1) is 25.7. The Morgan fingerprint density at radius 1 is 0.346 bits per heavy atom. The predicted octanol–water partition coefficient (Wildman–Crippen LogP) is 12.9. The molecule has 0 spiro atoms. The molecule has 9 aromatic rings. The van der Waals surface area contributed by atoms with Gasteiger partial charge in [0.15, 0.2) is 0 Å². The van der Waals surface area contributed by atoms with Crippen molar-refractivity contribution in [2.24, 2.45) is 0 Å². The van der Waals surface area contributed by atoms with Gasteiger partial charge >= 0.3 is 0 Å². The molecule has 2 heterocycles. The highest BCUT2D eigenvalue weighted by atomic mass is 32.2. The lowest BCUT2D eigenvalue weighted by Gasteiger charge is -2.24. The van der Waals surface area contributed by atoms with Crippen LogP contribution in [0.15, 0.2) is 203 Å². The van der Waals surface area contributed by atoms with Crippen molar-refractivity contribution >= 4 is 33.4 Å². The Morgan fingerprint density at radius 2 is 0.846 bits per heavy atom. The fourth-order valence-electron chi connectivity index (χ4n) is 7.73. The van der Waals surface area contributed by atoms with Gasteiger partial charge in [0.2, 0.25) is 0 Å². The van der Waals surface area contributed by atoms with Crippen LogP contribution in [0.4, 0.5) is 0 Å². The molecular weight excluding hydrogens is 651 g/mol. The summed E-state index contributed by atoms with van der Waals surface area (Å²) in [7, 11) is 0. The first-order valence-electron chi connectivity index (χ1n) is 17.6. The molecule has 0 saturated heterocycles. The van der Waals surface area contributed by atoms with E-state index in [1.807, 2.05) is 28.8 Å². The number of fused-ring (bicyclic) bond motifs is 8. The summed E-state index contributed by atoms with van der Waals surface area (Å²) in [5, 5.41) is 2.69. The Morgan fingerprint density at radius 3 is 1.46 bits per heavy atom. The van der Waals surface area contributed by atoms with E-state index in [0.29, 0.717) is 5.39 Å². The molecule has 244 valence electrons. The number of aromatic nitrogens is 1. The monoisotopic (exact) mass is 681 g/mol. The molecule has 1 aromatic heterocycles. The zero-order valence-electron chi connectivity index (χ0n) is 28.2. The molecule has 8 aromatic carbocycles. The molecule has 0 N–H and O–H groups in total. The fraction of sp³-hybridized carbons (Fsp3) is 0. The van der Waals surface area contributed by atoms with E-state index in [1.165, 1.54) is 0 Å². The van der Waals surface area contributed by atoms with E-state index >= 15 is 4.79 Å². The second-order valence-electron chi connectivity index (χ2n) is 13.2. The van der Waals surface area contributed by atoms with Gasteiger partial charge in [-0.25, -0.2) is 0 Å². The van der Waals surface area contributed by atoms with Crippen molar-refractivity contribution < 1.29 is 0 Å². The standard InChI is InChI=1S/C49H31NOS/c51-49-41-26-23-35(32-13-4-1-5-14-32)29-42(41)39-20-12-21-40-44-31-37(34-17-8-3-9-18-34)25-28-47(44)52-46-27-24-36(33-15-6-2-7-16-33)30-43(46)38-19-10-11-22-45(38)50(49)48(39)40/h1-31H. The van der Waals surface area contributed by atoms with Crippen molar-refractivity contribution in [1.82, 2.24) is 4.57 Å². The number of hydrogen-bond acceptors (Lipinski definition) is 2. The molecule has 0 unspecified atom stereocenters. The number of benzene rings is 8. The minimum Gasteiger partial charge on any atom is -0.275 e. The van der Waals surface area contributed by atoms with Gasteiger partial charge in [-0.2, -0.15) is 0 Å². The average molecular weight is 682 g/mol. The van der Waals surface area contributed by atoms with E-state index in [4.69, 9.17) is 0 Å². The molecule has 0 saturated carbocycles. The van der Waals surface area contributed by atoms with Crippen LogP contribution in [0.1, 0.15) is 0 Å². The van der Waals surface area contributed by atoms with Crippen LogP contribution in [-0.2, 0) is 0 Å². The maximum atomic E-state index is 15.2. The summed E-state index contributed by atoms with van der Waals surface area (Å²) in [6.07, 6.45) is 0. The molecule has 0 amide bonds. The molecule has 1 aliphatic heterocycles. The molecule has 0 atom stereocenters. The summed E-state index contributed by atoms with van der Waals surface area (Å²) in [5.74, 6) is 0. The Kier molecular flexibility index (Phi) is 7.26. The van der Waals surface area contributed by atoms with Crippen molar-refractivity contribution in [3.8, 4) is 61.3 Å². The molecule has 3 heteroatoms. The quantitative estimate of drug-likeness (QED) is 0.173. The van der Waals surface area contributed by atoms with E-state index < -0.39 is 0 Å². The summed E-state index contributed by atoms with van der Waals surface area (Å²) in [6.45, 7) is 0. The van der Waals surface area contributed by atoms with E-state index in [2.05, 4.69) is 164 Å². The first kappa shape index (κ1) is 30.4. The van der Waals surface area contributed by atoms with Crippen LogP contribution in [0.3, 0.4) is 0 Å². The molecule has 0 fully saturated rings. The molecule has 2 nitrogen and oxygen atoms in total. The van der Waals surface area contributed by atoms with Crippen LogP contribution in [0.25, 0.3) is 83.0 Å². The Balaban J connectivity index is 1.35. The number of nitrogens with zero attached hydrogens (tertiary/aromatic N) is 1. The Labute approximate surface area is 306 Å². The number of hydrogen-bond donors (Lipinski definition) is 0. The zero-order chi connectivity index (χ0) is 34.6. The summed E-state index contributed by atoms with van der Waals surface area (Å²) in [6, 6.07) is 66.1. The highest BCUT2D eigenvalue weighted by Gasteiger charge is 2.24. The van der Waals surface area contributed by atoms with Gasteiger partial charge in [-0.3, -0.25) is 9.36 Å². The van der Waals surface area contributed by atoms with Gasteiger partial charge in [-0.1, -0.05) is 157 Å². The molecule has 0 bridgehead atoms. The smallest absolute Gasteiger partial charge is 0.263 e. The molecule has 1 aliphatic rings. The van der Waals surface area contributed by atoms with Gasteiger partial charge in [-0.15, -0.1) is 0 Å². The first-order valence-corrected chi connectivity index (χ1v) is 18.4. The second kappa shape index (κ2) is 12.4. The van der Waals surface area contributed by atoms with Crippen molar-refractivity contribution in [3.05, 3.63) is 198 Å². The van der Waals surface area contributed by atoms with Crippen molar-refractivity contribution in [2.45, 2.75) is 9.79 Å². The highest BCUT2D eigenvalue weighted by Crippen LogP contribution is 2.48. The Bertz CT molecular complexity index is 2880. The van der Waals surface area contributed by atoms with Crippen LogP contribution in [0.5, 0.6) is 0 Å². The largest absolute Gasteiger partial charge is 0.275 e. The second-order valence-corrected chi connectivity index (χ2v) is 14.3. The zero-order valence-corrected chi connectivity index (χ0v) is 29.0. The lowest BCUT2D eigenvalue weighted by Crippen LogP contribution is -2.20. The third-order valence-electron chi connectivity index (χ3n) is 10.2. The van der Waals surface area contributed by atoms with Gasteiger partial charge < -0.3 is 0 Å². The third kappa shape index (κ3) is 5.01. The molecule has 0 aliphatic carbocycles. The SMILES string of the molecule is O=c1c2ccc(-c3ccccc3)cc2c2cccc3c2n1-c1ccccc1-c1cc(-c2ccccc2)ccc1Sc1ccc(-c2ccccc2)cc1-3. The van der Waals surface area contributed by atoms with Gasteiger partial charge in [0.25, 0.3) is 5.56 Å². The molecule has 0 radical (unpaired) electrons. The van der Waals surface area contributed by atoms with Crippen molar-refractivity contribution in [2.75, 3.05) is 0 Å². The van der Waals surface area contributed by atoms with Gasteiger partial charge in [0.1, 0.15) is 0 Å². The van der Waals surface area contributed by atoms with Gasteiger partial charge in [-0.05, 0) is 92.4 Å². The minimum atomic E-state index is -0.0308. The van der Waals surface area contributed by atoms with E-state index in [0.717, 1.165) is 87.4 Å². The third-order valence-corrected chi connectivity index (χ3v) is 11.4. The highest BCUT2D eigenvalue weighted by molar-refractivity contribution is 7.99. The molecule has 52 heavy (non-hydrogen) atoms. The number of para-hydroxylation sites is 2. The summed E-state index contributed by atoms with van der Waals surface area (Å²) < 4.78 is 1.98. The normalized spacial score (nSPS) is 11.8. The van der Waals surface area contributed by atoms with Crippen molar-refractivity contribution in [3.63, 3.8) is 0 Å². The van der Waals surface area contributed by atoms with Crippen LogP contribution in [-0.4, -0.2) is 4.57 Å². The summed E-state index contributed by atoms with van der Waals surface area (Å²) in [5.41, 5.74) is 12.8. The maximum absolute atomic E-state index is 15.2. The predicted molar refractivity (Wildman–Crippen MR) is 218 cm³/mol. The van der Waals surface area contributed by atoms with E-state index in [1.54, 1.807) is 11.8 Å². The maximum Gasteiger partial charge on any atom is 0.263 e. The average Bonchev–Trinajstić information content (AvgIpc) is 3.22. The number of rotatable bonds is 3. The van der Waals surface area contributed by atoms with Gasteiger partial charge in [0, 0.05) is 31.7 Å². The number of pyridine rings is 1. The topological polar surface area (TPSA) is 22.0 Å². The summed E-state index contributed by atoms with van der Waals surface area (Å²) >= 11 is 1.79. The summed E-state index contributed by atoms with van der Waals surface area (Å²) in [4.78, 5) is 17.5. The van der Waals surface area contributed by atoms with E-state index in [9.17, 15) is 0 Å². The molecule has 10 rings (SSSR count). The van der Waals surface area contributed by atoms with Gasteiger partial charge in [0.05, 0.1) is 11.2 Å². The van der Waals surface area contributed by atoms with E-state index in [-0.39, 0.29) is 5.56 Å². The van der Waals surface area contributed by atoms with Crippen LogP contribution in [0, 0.1) is 0 Å². The Hall–Kier alpha value is -6.42. The van der Waals surface area contributed by atoms with Crippen LogP contribution >= 0.6 is 11.8 Å². The minimum absolute atomic E-state index is 0.0308. The lowest BCUT2D eigenvalue weighted by molar-refractivity contribution is 1.06. The molecular formula is C49H31NOS.